The topological polar surface area (TPSA) is 0 Å². The van der Waals surface area contributed by atoms with E-state index in [1.165, 1.54) is 32.3 Å². The van der Waals surface area contributed by atoms with Gasteiger partial charge >= 0.3 is 0 Å². The Morgan fingerprint density at radius 3 is 0.350 bits per heavy atom. The summed E-state index contributed by atoms with van der Waals surface area (Å²) in [6, 6.07) is 17.0. The lowest BCUT2D eigenvalue weighted by molar-refractivity contribution is 0.726. The molecule has 6 heteroatoms. The highest BCUT2D eigenvalue weighted by Gasteiger charge is 2.49. The number of hydrogen-bond donors (Lipinski definition) is 0. The van der Waals surface area contributed by atoms with Crippen LogP contribution in [0.5, 0.6) is 0 Å². The zero-order valence-electron chi connectivity index (χ0n) is 45.5. The zero-order chi connectivity index (χ0) is 47.2. The normalized spacial score (nSPS) is 15.5. The summed E-state index contributed by atoms with van der Waals surface area (Å²) in [4.78, 5) is 0. The van der Waals surface area contributed by atoms with Crippen LogP contribution in [0.2, 0.25) is 109 Å². The predicted molar refractivity (Wildman–Crippen MR) is 300 cm³/mol. The monoisotopic (exact) mass is 913 g/mol. The standard InChI is InChI=1S/C54H96Si6/c1-49(2,3)55(19,20)43-31-37-38(32-44(43)56(21,22)50(4,5)6)40-34-46(58(25,26)52(10,11)12)48(60(29,30)54(16,17)18)36-42(40)41-35-47(59(27,28)53(13,14)15)45(33-39(37)41)57(23,24)51(7,8)9/h31-36H,1-30H3. The molecule has 0 aromatic heterocycles. The summed E-state index contributed by atoms with van der Waals surface area (Å²) in [5, 5.41) is 20.8. The maximum atomic E-state index is 2.83. The average molecular weight is 914 g/mol. The van der Waals surface area contributed by atoms with E-state index in [1.54, 1.807) is 31.1 Å². The van der Waals surface area contributed by atoms with Gasteiger partial charge in [0.2, 0.25) is 0 Å². The van der Waals surface area contributed by atoms with Gasteiger partial charge in [-0.25, -0.2) is 0 Å². The molecule has 0 spiro atoms. The summed E-state index contributed by atoms with van der Waals surface area (Å²) in [5.41, 5.74) is 0. The Labute approximate surface area is 379 Å². The summed E-state index contributed by atoms with van der Waals surface area (Å²) >= 11 is 0. The van der Waals surface area contributed by atoms with Gasteiger partial charge in [-0.1, -0.05) is 271 Å². The van der Waals surface area contributed by atoms with E-state index < -0.39 is 48.4 Å². The van der Waals surface area contributed by atoms with Gasteiger partial charge < -0.3 is 0 Å². The van der Waals surface area contributed by atoms with Crippen LogP contribution in [0.1, 0.15) is 125 Å². The maximum Gasteiger partial charge on any atom is 0.0857 e. The van der Waals surface area contributed by atoms with Gasteiger partial charge in [-0.2, -0.15) is 0 Å². The van der Waals surface area contributed by atoms with Crippen molar-refractivity contribution < 1.29 is 0 Å². The third-order valence-corrected chi connectivity index (χ3v) is 53.4. The molecule has 0 bridgehead atoms. The number of benzene rings is 4. The molecule has 0 saturated heterocycles. The van der Waals surface area contributed by atoms with Gasteiger partial charge in [0.05, 0.1) is 48.4 Å². The Morgan fingerprint density at radius 1 is 0.200 bits per heavy atom. The van der Waals surface area contributed by atoms with Crippen molar-refractivity contribution in [3.05, 3.63) is 36.4 Å². The number of fused-ring (bicyclic) bond motifs is 6. The van der Waals surface area contributed by atoms with E-state index in [0.29, 0.717) is 0 Å². The molecule has 0 radical (unpaired) electrons. The molecule has 4 aromatic rings. The fourth-order valence-electron chi connectivity index (χ4n) is 8.66. The molecule has 0 saturated carbocycles. The van der Waals surface area contributed by atoms with E-state index in [0.717, 1.165) is 0 Å². The van der Waals surface area contributed by atoms with Gasteiger partial charge in [-0.3, -0.25) is 0 Å². The van der Waals surface area contributed by atoms with Crippen LogP contribution in [0.3, 0.4) is 0 Å². The molecule has 4 rings (SSSR count). The fourth-order valence-corrected chi connectivity index (χ4v) is 26.6. The van der Waals surface area contributed by atoms with Crippen LogP contribution < -0.4 is 31.1 Å². The lowest BCUT2D eigenvalue weighted by Gasteiger charge is -2.46. The van der Waals surface area contributed by atoms with E-state index >= 15 is 0 Å². The van der Waals surface area contributed by atoms with Crippen LogP contribution >= 0.6 is 0 Å². The van der Waals surface area contributed by atoms with Crippen molar-refractivity contribution in [2.45, 2.75) is 233 Å². The Hall–Kier alpha value is -1.04. The third kappa shape index (κ3) is 8.04. The molecule has 0 fully saturated rings. The number of rotatable bonds is 6. The first-order valence-corrected chi connectivity index (χ1v) is 41.7. The summed E-state index contributed by atoms with van der Waals surface area (Å²) in [7, 11) is -11.9. The molecule has 0 heterocycles. The van der Waals surface area contributed by atoms with E-state index in [9.17, 15) is 0 Å². The minimum Gasteiger partial charge on any atom is -0.0651 e. The smallest absolute Gasteiger partial charge is 0.0651 e. The van der Waals surface area contributed by atoms with Crippen LogP contribution in [0.15, 0.2) is 36.4 Å². The molecule has 0 unspecified atom stereocenters. The lowest BCUT2D eigenvalue weighted by atomic mass is 9.94. The van der Waals surface area contributed by atoms with Crippen LogP contribution in [-0.2, 0) is 0 Å². The molecule has 0 amide bonds. The predicted octanol–water partition coefficient (Wildman–Crippen LogP) is 15.4. The van der Waals surface area contributed by atoms with Gasteiger partial charge in [0, 0.05) is 0 Å². The molecule has 0 aliphatic heterocycles. The molecular formula is C54H96Si6. The highest BCUT2D eigenvalue weighted by atomic mass is 28.3. The van der Waals surface area contributed by atoms with Crippen molar-refractivity contribution in [2.75, 3.05) is 0 Å². The van der Waals surface area contributed by atoms with Crippen LogP contribution in [0.4, 0.5) is 0 Å². The number of hydrogen-bond acceptors (Lipinski definition) is 0. The lowest BCUT2D eigenvalue weighted by Crippen LogP contribution is -2.64. The van der Waals surface area contributed by atoms with E-state index in [4.69, 9.17) is 0 Å². The van der Waals surface area contributed by atoms with E-state index in [1.807, 2.05) is 0 Å². The van der Waals surface area contributed by atoms with Crippen molar-refractivity contribution in [1.82, 2.24) is 0 Å². The minimum absolute atomic E-state index is 0.222. The van der Waals surface area contributed by atoms with Gasteiger partial charge in [-0.05, 0) is 62.5 Å². The molecule has 60 heavy (non-hydrogen) atoms. The summed E-state index contributed by atoms with van der Waals surface area (Å²) < 4.78 is 0. The Balaban J connectivity index is 2.65. The second kappa shape index (κ2) is 14.7. The fraction of sp³-hybridized carbons (Fsp3) is 0.667. The average Bonchev–Trinajstić information content (AvgIpc) is 3.03. The minimum atomic E-state index is -1.99. The Bertz CT molecular complexity index is 1850. The molecule has 0 atom stereocenters. The molecule has 336 valence electrons. The van der Waals surface area contributed by atoms with Crippen molar-refractivity contribution in [3.8, 4) is 0 Å². The van der Waals surface area contributed by atoms with E-state index in [-0.39, 0.29) is 30.2 Å². The van der Waals surface area contributed by atoms with Crippen LogP contribution in [-0.4, -0.2) is 48.4 Å². The SMILES string of the molecule is CC(C)(C)[Si](C)(C)c1cc2c3cc([Si](C)(C)C(C)(C)C)c([Si](C)(C)C(C)(C)C)cc3c3cc([Si](C)(C)C(C)(C)C)c([Si](C)(C)C(C)(C)C)cc3c2cc1[Si](C)(C)C(C)(C)C. The van der Waals surface area contributed by atoms with Crippen molar-refractivity contribution in [1.29, 1.82) is 0 Å². The molecule has 0 aliphatic carbocycles. The van der Waals surface area contributed by atoms with Gasteiger partial charge in [0.1, 0.15) is 0 Å². The summed E-state index contributed by atoms with van der Waals surface area (Å²) in [5.74, 6) is 0. The van der Waals surface area contributed by atoms with Gasteiger partial charge in [-0.15, -0.1) is 0 Å². The highest BCUT2D eigenvalue weighted by Crippen LogP contribution is 2.46. The first kappa shape index (κ1) is 51.6. The van der Waals surface area contributed by atoms with Crippen molar-refractivity contribution >= 4 is 112 Å². The van der Waals surface area contributed by atoms with Crippen LogP contribution in [0, 0.1) is 0 Å². The quantitative estimate of drug-likeness (QED) is 0.134. The first-order valence-electron chi connectivity index (χ1n) is 23.7. The molecule has 0 N–H and O–H groups in total. The Morgan fingerprint density at radius 2 is 0.283 bits per heavy atom. The van der Waals surface area contributed by atoms with Crippen molar-refractivity contribution in [3.63, 3.8) is 0 Å². The molecular weight excluding hydrogens is 817 g/mol. The highest BCUT2D eigenvalue weighted by molar-refractivity contribution is 7.04. The first-order chi connectivity index (χ1) is 26.1. The van der Waals surface area contributed by atoms with E-state index in [2.05, 4.69) is 240 Å². The van der Waals surface area contributed by atoms with Gasteiger partial charge in [0.15, 0.2) is 0 Å². The largest absolute Gasteiger partial charge is 0.0857 e. The molecule has 4 aromatic carbocycles. The third-order valence-electron chi connectivity index (χ3n) is 19.6. The second-order valence-corrected chi connectivity index (χ2v) is 60.8. The summed E-state index contributed by atoms with van der Waals surface area (Å²) in [6.45, 7) is 77.8. The zero-order valence-corrected chi connectivity index (χ0v) is 51.5. The maximum absolute atomic E-state index is 2.83. The van der Waals surface area contributed by atoms with Gasteiger partial charge in [0.25, 0.3) is 0 Å². The summed E-state index contributed by atoms with van der Waals surface area (Å²) in [6.07, 6.45) is 0. The molecule has 0 nitrogen and oxygen atoms in total. The second-order valence-electron chi connectivity index (χ2n) is 29.1. The molecule has 0 aliphatic rings. The van der Waals surface area contributed by atoms with Crippen LogP contribution in [0.25, 0.3) is 32.3 Å². The Kier molecular flexibility index (Phi) is 12.7. The van der Waals surface area contributed by atoms with Crippen molar-refractivity contribution in [2.24, 2.45) is 0 Å².